The summed E-state index contributed by atoms with van der Waals surface area (Å²) in [5.41, 5.74) is 3.09. The van der Waals surface area contributed by atoms with Crippen LogP contribution in [0, 0.1) is 16.4 Å². The van der Waals surface area contributed by atoms with E-state index < -0.39 is 0 Å². The molecule has 0 unspecified atom stereocenters. The molecule has 2 aromatic heterocycles. The fourth-order valence-electron chi connectivity index (χ4n) is 2.07. The number of hydrogen-bond donors (Lipinski definition) is 1. The van der Waals surface area contributed by atoms with Crippen LogP contribution in [0.4, 0.5) is 5.82 Å². The first-order valence-corrected chi connectivity index (χ1v) is 8.32. The number of rotatable bonds is 5. The van der Waals surface area contributed by atoms with Crippen molar-refractivity contribution < 1.29 is 0 Å². The van der Waals surface area contributed by atoms with Gasteiger partial charge >= 0.3 is 0 Å². The average Bonchev–Trinajstić information content (AvgIpc) is 2.42. The third-order valence-electron chi connectivity index (χ3n) is 3.01. The lowest BCUT2D eigenvalue weighted by Gasteiger charge is -2.13. The fraction of sp³-hybridized carbons (Fsp3) is 0.438. The topological polar surface area (TPSA) is 50.7 Å². The zero-order chi connectivity index (χ0) is 15.4. The van der Waals surface area contributed by atoms with Gasteiger partial charge in [0.05, 0.1) is 9.26 Å². The van der Waals surface area contributed by atoms with Gasteiger partial charge in [0.1, 0.15) is 11.5 Å². The van der Waals surface area contributed by atoms with Gasteiger partial charge in [0, 0.05) is 12.7 Å². The van der Waals surface area contributed by atoms with Gasteiger partial charge in [-0.15, -0.1) is 0 Å². The van der Waals surface area contributed by atoms with Gasteiger partial charge in [-0.25, -0.2) is 9.97 Å². The predicted octanol–water partition coefficient (Wildman–Crippen LogP) is 4.08. The Morgan fingerprint density at radius 3 is 2.67 bits per heavy atom. The molecule has 0 aliphatic carbocycles. The lowest BCUT2D eigenvalue weighted by atomic mass is 10.1. The second-order valence-electron chi connectivity index (χ2n) is 5.50. The van der Waals surface area contributed by atoms with E-state index in [-0.39, 0.29) is 0 Å². The minimum absolute atomic E-state index is 0.557. The van der Waals surface area contributed by atoms with Crippen LogP contribution in [0.5, 0.6) is 0 Å². The summed E-state index contributed by atoms with van der Waals surface area (Å²) in [4.78, 5) is 13.8. The molecular weight excluding hydrogens is 375 g/mol. The summed E-state index contributed by atoms with van der Waals surface area (Å²) in [7, 11) is 0. The van der Waals surface area contributed by atoms with E-state index in [4.69, 9.17) is 4.98 Å². The van der Waals surface area contributed by atoms with Gasteiger partial charge in [-0.05, 0) is 66.5 Å². The summed E-state index contributed by atoms with van der Waals surface area (Å²) >= 11 is 2.33. The number of hydrogen-bond acceptors (Lipinski definition) is 4. The molecule has 0 aromatic carbocycles. The summed E-state index contributed by atoms with van der Waals surface area (Å²) in [5, 5.41) is 3.33. The first kappa shape index (κ1) is 16.1. The Kier molecular flexibility index (Phi) is 5.50. The van der Waals surface area contributed by atoms with E-state index in [0.717, 1.165) is 39.3 Å². The van der Waals surface area contributed by atoms with Gasteiger partial charge < -0.3 is 5.32 Å². The molecule has 0 aliphatic heterocycles. The molecule has 4 nitrogen and oxygen atoms in total. The van der Waals surface area contributed by atoms with Crippen LogP contribution in [0.2, 0.25) is 0 Å². The number of pyridine rings is 1. The highest BCUT2D eigenvalue weighted by Crippen LogP contribution is 2.25. The second kappa shape index (κ2) is 7.15. The molecule has 2 aromatic rings. The monoisotopic (exact) mass is 396 g/mol. The highest BCUT2D eigenvalue weighted by atomic mass is 127. The Bertz CT molecular complexity index is 626. The normalized spacial score (nSPS) is 11.0. The first-order chi connectivity index (χ1) is 10.0. The summed E-state index contributed by atoms with van der Waals surface area (Å²) in [5.74, 6) is 2.16. The van der Waals surface area contributed by atoms with E-state index in [0.29, 0.717) is 11.7 Å². The second-order valence-corrected chi connectivity index (χ2v) is 6.58. The van der Waals surface area contributed by atoms with Gasteiger partial charge in [-0.2, -0.15) is 0 Å². The highest BCUT2D eigenvalue weighted by molar-refractivity contribution is 14.1. The lowest BCUT2D eigenvalue weighted by molar-refractivity contribution is 0.632. The molecule has 1 N–H and O–H groups in total. The van der Waals surface area contributed by atoms with Crippen molar-refractivity contribution in [2.24, 2.45) is 5.92 Å². The zero-order valence-corrected chi connectivity index (χ0v) is 15.1. The highest BCUT2D eigenvalue weighted by Gasteiger charge is 2.14. The van der Waals surface area contributed by atoms with Gasteiger partial charge in [0.25, 0.3) is 0 Å². The molecule has 0 aliphatic rings. The molecule has 0 amide bonds. The Balaban J connectivity index is 2.52. The molecule has 0 bridgehead atoms. The summed E-state index contributed by atoms with van der Waals surface area (Å²) in [6.07, 6.45) is 2.75. The first-order valence-electron chi connectivity index (χ1n) is 7.24. The number of aromatic nitrogens is 3. The molecule has 0 fully saturated rings. The Morgan fingerprint density at radius 1 is 1.29 bits per heavy atom. The molecule has 0 saturated carbocycles. The van der Waals surface area contributed by atoms with Gasteiger partial charge in [-0.1, -0.05) is 13.8 Å². The molecule has 0 atom stereocenters. The molecular formula is C16H21IN4. The maximum Gasteiger partial charge on any atom is 0.180 e. The summed E-state index contributed by atoms with van der Waals surface area (Å²) in [6.45, 7) is 9.38. The predicted molar refractivity (Wildman–Crippen MR) is 95.4 cm³/mol. The smallest absolute Gasteiger partial charge is 0.180 e. The number of anilines is 1. The standard InChI is InChI=1S/C16H21IN4/c1-5-18-16-14(17)12(8-10(2)3)20-15(21-16)13-9-11(4)6-7-19-13/h6-7,9-10H,5,8H2,1-4H3,(H,18,20,21). The number of aryl methyl sites for hydroxylation is 1. The molecule has 2 rings (SSSR count). The largest absolute Gasteiger partial charge is 0.369 e. The molecule has 2 heterocycles. The maximum absolute atomic E-state index is 4.75. The van der Waals surface area contributed by atoms with Gasteiger partial charge in [0.15, 0.2) is 5.82 Å². The molecule has 21 heavy (non-hydrogen) atoms. The third kappa shape index (κ3) is 4.12. The Labute approximate surface area is 140 Å². The van der Waals surface area contributed by atoms with Crippen molar-refractivity contribution in [3.63, 3.8) is 0 Å². The van der Waals surface area contributed by atoms with Crippen molar-refractivity contribution in [1.82, 2.24) is 15.0 Å². The van der Waals surface area contributed by atoms with Crippen LogP contribution < -0.4 is 5.32 Å². The van der Waals surface area contributed by atoms with Gasteiger partial charge in [0.2, 0.25) is 0 Å². The van der Waals surface area contributed by atoms with E-state index in [1.807, 2.05) is 12.1 Å². The van der Waals surface area contributed by atoms with Crippen molar-refractivity contribution in [3.05, 3.63) is 33.2 Å². The lowest BCUT2D eigenvalue weighted by Crippen LogP contribution is -2.10. The summed E-state index contributed by atoms with van der Waals surface area (Å²) < 4.78 is 1.11. The number of nitrogens with zero attached hydrogens (tertiary/aromatic N) is 3. The molecule has 5 heteroatoms. The third-order valence-corrected chi connectivity index (χ3v) is 4.14. The van der Waals surface area contributed by atoms with E-state index in [1.165, 1.54) is 0 Å². The van der Waals surface area contributed by atoms with Crippen LogP contribution in [0.15, 0.2) is 18.3 Å². The Morgan fingerprint density at radius 2 is 2.05 bits per heavy atom. The van der Waals surface area contributed by atoms with Crippen LogP contribution in [0.25, 0.3) is 11.5 Å². The van der Waals surface area contributed by atoms with E-state index >= 15 is 0 Å². The number of nitrogens with one attached hydrogen (secondary N) is 1. The van der Waals surface area contributed by atoms with Crippen molar-refractivity contribution in [1.29, 1.82) is 0 Å². The summed E-state index contributed by atoms with van der Waals surface area (Å²) in [6, 6.07) is 4.01. The number of halogens is 1. The van der Waals surface area contributed by atoms with Crippen molar-refractivity contribution in [2.45, 2.75) is 34.1 Å². The molecule has 0 spiro atoms. The zero-order valence-electron chi connectivity index (χ0n) is 12.9. The fourth-order valence-corrected chi connectivity index (χ4v) is 2.73. The SMILES string of the molecule is CCNc1nc(-c2cc(C)ccn2)nc(CC(C)C)c1I. The van der Waals surface area contributed by atoms with E-state index in [1.54, 1.807) is 6.20 Å². The molecule has 0 saturated heterocycles. The van der Waals surface area contributed by atoms with Gasteiger partial charge in [-0.3, -0.25) is 4.98 Å². The van der Waals surface area contributed by atoms with Crippen molar-refractivity contribution in [3.8, 4) is 11.5 Å². The maximum atomic E-state index is 4.75. The molecule has 0 radical (unpaired) electrons. The minimum Gasteiger partial charge on any atom is -0.369 e. The van der Waals surface area contributed by atoms with Crippen molar-refractivity contribution >= 4 is 28.4 Å². The quantitative estimate of drug-likeness (QED) is 0.774. The van der Waals surface area contributed by atoms with Crippen LogP contribution in [0.1, 0.15) is 32.0 Å². The van der Waals surface area contributed by atoms with Crippen LogP contribution in [-0.2, 0) is 6.42 Å². The van der Waals surface area contributed by atoms with Crippen LogP contribution in [-0.4, -0.2) is 21.5 Å². The minimum atomic E-state index is 0.557. The van der Waals surface area contributed by atoms with Crippen LogP contribution >= 0.6 is 22.6 Å². The molecule has 112 valence electrons. The average molecular weight is 396 g/mol. The Hall–Kier alpha value is -1.24. The van der Waals surface area contributed by atoms with E-state index in [9.17, 15) is 0 Å². The van der Waals surface area contributed by atoms with Crippen LogP contribution in [0.3, 0.4) is 0 Å². The van der Waals surface area contributed by atoms with Crippen molar-refractivity contribution in [2.75, 3.05) is 11.9 Å². The van der Waals surface area contributed by atoms with E-state index in [2.05, 4.69) is 65.6 Å².